The lowest BCUT2D eigenvalue weighted by Crippen LogP contribution is -2.61. The van der Waals surface area contributed by atoms with Crippen molar-refractivity contribution in [1.29, 1.82) is 0 Å². The van der Waals surface area contributed by atoms with Gasteiger partial charge in [-0.05, 0) is 119 Å². The maximum absolute atomic E-state index is 7.13. The maximum atomic E-state index is 7.13. The second kappa shape index (κ2) is 15.7. The predicted octanol–water partition coefficient (Wildman–Crippen LogP) is 13.9. The molecule has 0 amide bonds. The molecule has 0 N–H and O–H groups in total. The largest absolute Gasteiger partial charge is 0.458 e. The summed E-state index contributed by atoms with van der Waals surface area (Å²) in [6, 6.07) is 79.7. The normalized spacial score (nSPS) is 13.1. The molecule has 0 radical (unpaired) electrons. The zero-order valence-electron chi connectivity index (χ0n) is 40.4. The van der Waals surface area contributed by atoms with E-state index in [0.717, 1.165) is 134 Å². The number of benzene rings is 11. The Labute approximate surface area is 436 Å². The minimum absolute atomic E-state index is 0.238. The Morgan fingerprint density at radius 1 is 0.263 bits per heavy atom. The molecule has 0 spiro atoms. The lowest BCUT2D eigenvalue weighted by Gasteiger charge is -2.36. The van der Waals surface area contributed by atoms with E-state index in [9.17, 15) is 0 Å². The topological polar surface area (TPSA) is 69.7 Å². The first-order valence-corrected chi connectivity index (χ1v) is 25.6. The first kappa shape index (κ1) is 41.4. The Morgan fingerprint density at radius 3 is 1.05 bits per heavy atom. The van der Waals surface area contributed by atoms with E-state index in [1.807, 2.05) is 48.5 Å². The van der Waals surface area contributed by atoms with Gasteiger partial charge >= 0.3 is 0 Å². The molecule has 8 nitrogen and oxygen atoms in total. The van der Waals surface area contributed by atoms with Crippen LogP contribution in [0.3, 0.4) is 0 Å². The maximum Gasteiger partial charge on any atom is 0.260 e. The first-order valence-electron chi connectivity index (χ1n) is 25.6. The molecule has 10 heteroatoms. The van der Waals surface area contributed by atoms with Crippen LogP contribution in [-0.4, -0.2) is 13.4 Å². The number of rotatable bonds is 6. The van der Waals surface area contributed by atoms with Crippen molar-refractivity contribution < 1.29 is 27.8 Å². The summed E-state index contributed by atoms with van der Waals surface area (Å²) in [6.07, 6.45) is 0. The number of furan rings is 2. The van der Waals surface area contributed by atoms with Gasteiger partial charge in [0.25, 0.3) is 13.4 Å². The van der Waals surface area contributed by atoms with E-state index in [-0.39, 0.29) is 13.4 Å². The van der Waals surface area contributed by atoms with E-state index in [4.69, 9.17) is 27.8 Å². The molecule has 4 aliphatic rings. The van der Waals surface area contributed by atoms with Crippen molar-refractivity contribution in [2.24, 2.45) is 0 Å². The van der Waals surface area contributed by atoms with Crippen molar-refractivity contribution in [2.45, 2.75) is 0 Å². The molecule has 11 aromatic carbocycles. The molecule has 13 aromatic rings. The zero-order chi connectivity index (χ0) is 49.6. The quantitative estimate of drug-likeness (QED) is 0.153. The van der Waals surface area contributed by atoms with Gasteiger partial charge in [0.1, 0.15) is 45.7 Å². The summed E-state index contributed by atoms with van der Waals surface area (Å²) >= 11 is 0. The highest BCUT2D eigenvalue weighted by atomic mass is 16.5. The van der Waals surface area contributed by atoms with E-state index in [2.05, 4.69) is 192 Å². The van der Waals surface area contributed by atoms with Crippen molar-refractivity contribution in [1.82, 2.24) is 0 Å². The monoisotopic (exact) mass is 976 g/mol. The summed E-state index contributed by atoms with van der Waals surface area (Å²) in [7, 11) is 0. The molecule has 354 valence electrons. The van der Waals surface area contributed by atoms with Crippen LogP contribution in [0.25, 0.3) is 43.9 Å². The van der Waals surface area contributed by atoms with Crippen molar-refractivity contribution >= 4 is 124 Å². The van der Waals surface area contributed by atoms with Gasteiger partial charge in [0, 0.05) is 84.8 Å². The third kappa shape index (κ3) is 5.97. The fourth-order valence-electron chi connectivity index (χ4n) is 12.4. The Kier molecular flexibility index (Phi) is 8.57. The lowest BCUT2D eigenvalue weighted by molar-refractivity contribution is 0.450. The summed E-state index contributed by atoms with van der Waals surface area (Å²) in [6.45, 7) is -0.476. The van der Waals surface area contributed by atoms with Crippen LogP contribution in [0.15, 0.2) is 239 Å². The van der Waals surface area contributed by atoms with Crippen molar-refractivity contribution in [3.8, 4) is 46.0 Å². The Morgan fingerprint density at radius 2 is 0.645 bits per heavy atom. The van der Waals surface area contributed by atoms with E-state index < -0.39 is 0 Å². The van der Waals surface area contributed by atoms with Gasteiger partial charge in [-0.2, -0.15) is 0 Å². The molecule has 0 fully saturated rings. The highest BCUT2D eigenvalue weighted by Gasteiger charge is 2.47. The van der Waals surface area contributed by atoms with Gasteiger partial charge in [-0.25, -0.2) is 0 Å². The zero-order valence-corrected chi connectivity index (χ0v) is 40.4. The second-order valence-electron chi connectivity index (χ2n) is 19.8. The number of hydrogen-bond donors (Lipinski definition) is 0. The molecular formula is C66H38B2N2O6. The smallest absolute Gasteiger partial charge is 0.260 e. The van der Waals surface area contributed by atoms with Crippen LogP contribution in [0.4, 0.5) is 34.1 Å². The Hall–Kier alpha value is -10.1. The fraction of sp³-hybridized carbons (Fsp3) is 0. The molecular weight excluding hydrogens is 938 g/mol. The van der Waals surface area contributed by atoms with Crippen LogP contribution in [0.5, 0.6) is 46.0 Å². The summed E-state index contributed by atoms with van der Waals surface area (Å²) in [4.78, 5) is 4.49. The molecule has 6 heterocycles. The number of nitrogens with zero attached hydrogens (tertiary/aromatic N) is 2. The van der Waals surface area contributed by atoms with Crippen LogP contribution >= 0.6 is 0 Å². The standard InChI is InChI=1S/C66H38B2N2O6/c1-5-17-39(18-6-1)69(40-19-7-2-8-20-40)43-29-31-45-47-35-59-61-65(63(47)75-55(45)33-43)73-53-27-15-13-25-49(53)67(61)51-37-52-58(38-57(51)71-59)72-60-36-48-46-32-30-44(70(41-21-9-3-10-22-41)42-23-11-4-12-24-42)34-56(46)76-64(48)66-62(60)68(52)50-26-14-16-28-54(50)74-66/h1-38H. The van der Waals surface area contributed by atoms with Crippen molar-refractivity contribution in [3.63, 3.8) is 0 Å². The van der Waals surface area contributed by atoms with E-state index >= 15 is 0 Å². The van der Waals surface area contributed by atoms with E-state index in [1.54, 1.807) is 0 Å². The second-order valence-corrected chi connectivity index (χ2v) is 19.8. The minimum Gasteiger partial charge on any atom is -0.458 e. The van der Waals surface area contributed by atoms with E-state index in [0.29, 0.717) is 22.7 Å². The van der Waals surface area contributed by atoms with Crippen molar-refractivity contribution in [3.05, 3.63) is 231 Å². The number of hydrogen-bond acceptors (Lipinski definition) is 8. The molecule has 0 saturated carbocycles. The average molecular weight is 977 g/mol. The van der Waals surface area contributed by atoms with Gasteiger partial charge in [0.05, 0.1) is 0 Å². The Balaban J connectivity index is 0.824. The number of para-hydroxylation sites is 6. The third-order valence-electron chi connectivity index (χ3n) is 15.6. The summed E-state index contributed by atoms with van der Waals surface area (Å²) in [5.41, 5.74) is 15.0. The van der Waals surface area contributed by atoms with Crippen LogP contribution in [-0.2, 0) is 0 Å². The SMILES string of the molecule is c1ccc(N(c2ccccc2)c2ccc3c(c2)oc2c4c5c(cc23)Oc2cc3c(cc2B5c2ccccc2O4)B2c4ccccc4Oc4c2c(cc2c4oc4cc(N(c5ccccc5)c5ccccc5)ccc42)O3)cc1. The minimum atomic E-state index is -0.238. The average Bonchev–Trinajstić information content (AvgIpc) is 4.09. The van der Waals surface area contributed by atoms with Gasteiger partial charge in [-0.15, -0.1) is 0 Å². The van der Waals surface area contributed by atoms with Crippen LogP contribution in [0.2, 0.25) is 0 Å². The van der Waals surface area contributed by atoms with E-state index in [1.165, 1.54) is 0 Å². The van der Waals surface area contributed by atoms with Gasteiger partial charge in [-0.3, -0.25) is 0 Å². The summed E-state index contributed by atoms with van der Waals surface area (Å²) < 4.78 is 42.1. The number of ether oxygens (including phenoxy) is 4. The molecule has 0 aliphatic carbocycles. The number of anilines is 6. The number of fused-ring (bicyclic) bond motifs is 16. The molecule has 4 aliphatic heterocycles. The highest BCUT2D eigenvalue weighted by molar-refractivity contribution is 7.01. The van der Waals surface area contributed by atoms with Crippen molar-refractivity contribution in [2.75, 3.05) is 9.80 Å². The van der Waals surface area contributed by atoms with Crippen LogP contribution in [0.1, 0.15) is 0 Å². The van der Waals surface area contributed by atoms with Crippen LogP contribution in [0, 0.1) is 0 Å². The lowest BCUT2D eigenvalue weighted by atomic mass is 9.31. The highest BCUT2D eigenvalue weighted by Crippen LogP contribution is 2.48. The summed E-state index contributed by atoms with van der Waals surface area (Å²) in [5.74, 6) is 5.75. The molecule has 17 rings (SSSR count). The molecule has 76 heavy (non-hydrogen) atoms. The molecule has 0 atom stereocenters. The van der Waals surface area contributed by atoms with Gasteiger partial charge in [-0.1, -0.05) is 115 Å². The Bertz CT molecular complexity index is 4200. The first-order chi connectivity index (χ1) is 37.7. The predicted molar refractivity (Wildman–Crippen MR) is 306 cm³/mol. The van der Waals surface area contributed by atoms with Crippen LogP contribution < -0.4 is 61.5 Å². The van der Waals surface area contributed by atoms with Gasteiger partial charge in [0.2, 0.25) is 0 Å². The van der Waals surface area contributed by atoms with Gasteiger partial charge in [0.15, 0.2) is 22.7 Å². The molecule has 0 unspecified atom stereocenters. The third-order valence-corrected chi connectivity index (χ3v) is 15.6. The summed E-state index contributed by atoms with van der Waals surface area (Å²) in [5, 5.41) is 3.75. The van der Waals surface area contributed by atoms with Gasteiger partial charge < -0.3 is 37.6 Å². The molecule has 0 saturated heterocycles. The molecule has 2 aromatic heterocycles. The molecule has 0 bridgehead atoms. The fourth-order valence-corrected chi connectivity index (χ4v) is 12.4.